The second-order valence-corrected chi connectivity index (χ2v) is 11.9. The average Bonchev–Trinajstić information content (AvgIpc) is 3.06. The second-order valence-electron chi connectivity index (χ2n) is 9.82. The van der Waals surface area contributed by atoms with Crippen LogP contribution in [0.2, 0.25) is 5.02 Å². The molecule has 0 unspecified atom stereocenters. The lowest BCUT2D eigenvalue weighted by Gasteiger charge is -2.19. The average molecular weight is 529 g/mol. The number of carbonyl (C=O) groups is 2. The van der Waals surface area contributed by atoms with Gasteiger partial charge in [-0.25, -0.2) is 8.42 Å². The number of amides is 2. The number of nitrogens with zero attached hydrogens (tertiary/aromatic N) is 2. The molecule has 0 saturated heterocycles. The van der Waals surface area contributed by atoms with Crippen molar-refractivity contribution in [3.05, 3.63) is 87.2 Å². The van der Waals surface area contributed by atoms with E-state index in [1.54, 1.807) is 38.1 Å². The Morgan fingerprint density at radius 2 is 1.56 bits per heavy atom. The number of imide groups is 1. The summed E-state index contributed by atoms with van der Waals surface area (Å²) >= 11 is 6.27. The van der Waals surface area contributed by atoms with Gasteiger partial charge in [0.05, 0.1) is 33.3 Å². The number of rotatable bonds is 5. The van der Waals surface area contributed by atoms with Crippen molar-refractivity contribution in [2.45, 2.75) is 51.5 Å². The van der Waals surface area contributed by atoms with Crippen molar-refractivity contribution in [3.8, 4) is 0 Å². The van der Waals surface area contributed by atoms with Crippen molar-refractivity contribution in [3.63, 3.8) is 0 Å². The fraction of sp³-hybridized carbons (Fsp3) is 0.269. The number of anilines is 1. The van der Waals surface area contributed by atoms with E-state index in [4.69, 9.17) is 11.6 Å². The maximum absolute atomic E-state index is 13.4. The molecule has 1 aromatic heterocycles. The summed E-state index contributed by atoms with van der Waals surface area (Å²) < 4.78 is 29.7. The SMILES string of the molecule is Cc1ccc(CN2C(=O)c3c(Cl)ccc(NS(=O)(=O)c4ccc(C(C)(C)C)cc4)c3C2=O)c(C)[n+]1O. The lowest BCUT2D eigenvalue weighted by Crippen LogP contribution is -2.39. The molecule has 0 bridgehead atoms. The smallest absolute Gasteiger partial charge is 0.264 e. The molecular weight excluding hydrogens is 502 g/mol. The molecule has 1 aliphatic rings. The van der Waals surface area contributed by atoms with Gasteiger partial charge in [0.1, 0.15) is 0 Å². The van der Waals surface area contributed by atoms with E-state index in [-0.39, 0.29) is 38.7 Å². The van der Waals surface area contributed by atoms with E-state index in [0.29, 0.717) is 17.0 Å². The topological polar surface area (TPSA) is 108 Å². The number of benzene rings is 2. The van der Waals surface area contributed by atoms with Crippen LogP contribution in [0.25, 0.3) is 0 Å². The fourth-order valence-corrected chi connectivity index (χ4v) is 5.40. The third kappa shape index (κ3) is 4.44. The third-order valence-electron chi connectivity index (χ3n) is 6.32. The number of halogens is 1. The molecule has 8 nitrogen and oxygen atoms in total. The largest absolute Gasteiger partial charge is 0.285 e. The zero-order valence-corrected chi connectivity index (χ0v) is 22.2. The molecule has 0 radical (unpaired) electrons. The third-order valence-corrected chi connectivity index (χ3v) is 8.01. The molecule has 0 saturated carbocycles. The normalized spacial score (nSPS) is 13.8. The summed E-state index contributed by atoms with van der Waals surface area (Å²) in [6.07, 6.45) is 0. The molecule has 36 heavy (non-hydrogen) atoms. The van der Waals surface area contributed by atoms with Gasteiger partial charge < -0.3 is 0 Å². The Morgan fingerprint density at radius 1 is 0.944 bits per heavy atom. The van der Waals surface area contributed by atoms with Crippen LogP contribution in [0.5, 0.6) is 0 Å². The van der Waals surface area contributed by atoms with E-state index in [2.05, 4.69) is 4.72 Å². The van der Waals surface area contributed by atoms with Crippen LogP contribution in [0.15, 0.2) is 53.4 Å². The Bertz CT molecular complexity index is 1510. The second kappa shape index (κ2) is 8.90. The minimum atomic E-state index is -4.06. The summed E-state index contributed by atoms with van der Waals surface area (Å²) in [5.74, 6) is -1.32. The van der Waals surface area contributed by atoms with E-state index in [0.717, 1.165) is 15.2 Å². The van der Waals surface area contributed by atoms with Crippen LogP contribution in [-0.2, 0) is 22.0 Å². The molecule has 10 heteroatoms. The van der Waals surface area contributed by atoms with Crippen LogP contribution >= 0.6 is 11.6 Å². The van der Waals surface area contributed by atoms with Crippen LogP contribution in [0.1, 0.15) is 64.0 Å². The molecule has 2 aromatic carbocycles. The summed E-state index contributed by atoms with van der Waals surface area (Å²) in [5.41, 5.74) is 2.24. The van der Waals surface area contributed by atoms with E-state index in [1.807, 2.05) is 20.8 Å². The molecule has 3 aromatic rings. The Labute approximate surface area is 215 Å². The minimum absolute atomic E-state index is 0.0237. The van der Waals surface area contributed by atoms with Crippen molar-refractivity contribution < 1.29 is 27.9 Å². The monoisotopic (exact) mass is 528 g/mol. The van der Waals surface area contributed by atoms with Gasteiger partial charge in [-0.15, -0.1) is 0 Å². The summed E-state index contributed by atoms with van der Waals surface area (Å²) in [7, 11) is -4.06. The predicted molar refractivity (Wildman–Crippen MR) is 135 cm³/mol. The van der Waals surface area contributed by atoms with Gasteiger partial charge >= 0.3 is 0 Å². The maximum Gasteiger partial charge on any atom is 0.264 e. The Hall–Kier alpha value is -3.43. The van der Waals surface area contributed by atoms with Crippen molar-refractivity contribution >= 4 is 39.1 Å². The summed E-state index contributed by atoms with van der Waals surface area (Å²) in [4.78, 5) is 27.6. The maximum atomic E-state index is 13.4. The molecule has 0 fully saturated rings. The fourth-order valence-electron chi connectivity index (χ4n) is 4.09. The highest BCUT2D eigenvalue weighted by molar-refractivity contribution is 7.92. The van der Waals surface area contributed by atoms with Gasteiger partial charge in [-0.3, -0.25) is 24.4 Å². The lowest BCUT2D eigenvalue weighted by molar-refractivity contribution is -0.913. The van der Waals surface area contributed by atoms with Crippen molar-refractivity contribution in [2.24, 2.45) is 0 Å². The van der Waals surface area contributed by atoms with Gasteiger partial charge in [-0.1, -0.05) is 44.5 Å². The molecule has 2 amide bonds. The highest BCUT2D eigenvalue weighted by Crippen LogP contribution is 2.36. The number of aromatic nitrogens is 1. The van der Waals surface area contributed by atoms with Crippen LogP contribution < -0.4 is 9.45 Å². The highest BCUT2D eigenvalue weighted by Gasteiger charge is 2.41. The summed E-state index contributed by atoms with van der Waals surface area (Å²) in [5, 5.41) is 10.2. The molecule has 0 spiro atoms. The molecular formula is C26H27ClN3O5S+. The number of hydrogen-bond donors (Lipinski definition) is 2. The van der Waals surface area contributed by atoms with Crippen molar-refractivity contribution in [2.75, 3.05) is 4.72 Å². The molecule has 1 aliphatic heterocycles. The van der Waals surface area contributed by atoms with Gasteiger partial charge in [0.15, 0.2) is 0 Å². The quantitative estimate of drug-likeness (QED) is 0.290. The van der Waals surface area contributed by atoms with Gasteiger partial charge in [0.2, 0.25) is 11.4 Å². The number of aryl methyl sites for hydroxylation is 1. The number of hydrogen-bond acceptors (Lipinski definition) is 5. The standard InChI is InChI=1S/C26H26ClN3O5S/c1-15-6-7-17(16(2)30(15)33)14-29-24(31)22-20(27)12-13-21(23(22)25(29)32)28-36(34,35)19-10-8-18(9-11-19)26(3,4)5/h6-13H,14H2,1-5H3,(H-,28,32,33)/p+1. The molecule has 4 rings (SSSR count). The Morgan fingerprint density at radius 3 is 2.17 bits per heavy atom. The predicted octanol–water partition coefficient (Wildman–Crippen LogP) is 4.38. The Kier molecular flexibility index (Phi) is 6.34. The van der Waals surface area contributed by atoms with Gasteiger partial charge in [0, 0.05) is 30.2 Å². The van der Waals surface area contributed by atoms with Crippen LogP contribution in [-0.4, -0.2) is 30.3 Å². The molecule has 2 N–H and O–H groups in total. The summed E-state index contributed by atoms with van der Waals surface area (Å²) in [6.45, 7) is 9.34. The van der Waals surface area contributed by atoms with Gasteiger partial charge in [-0.2, -0.15) is 0 Å². The summed E-state index contributed by atoms with van der Waals surface area (Å²) in [6, 6.07) is 12.6. The number of pyridine rings is 1. The van der Waals surface area contributed by atoms with Crippen molar-refractivity contribution in [1.82, 2.24) is 4.90 Å². The van der Waals surface area contributed by atoms with Crippen molar-refractivity contribution in [1.29, 1.82) is 0 Å². The van der Waals surface area contributed by atoms with Crippen LogP contribution in [0.3, 0.4) is 0 Å². The first-order chi connectivity index (χ1) is 16.7. The number of nitrogens with one attached hydrogen (secondary N) is 1. The first-order valence-corrected chi connectivity index (χ1v) is 13.1. The van der Waals surface area contributed by atoms with E-state index >= 15 is 0 Å². The molecule has 0 aliphatic carbocycles. The molecule has 188 valence electrons. The van der Waals surface area contributed by atoms with Gasteiger partial charge in [-0.05, 0) is 41.3 Å². The minimum Gasteiger partial charge on any atom is -0.285 e. The Balaban J connectivity index is 1.69. The number of fused-ring (bicyclic) bond motifs is 1. The van der Waals surface area contributed by atoms with Crippen LogP contribution in [0.4, 0.5) is 5.69 Å². The highest BCUT2D eigenvalue weighted by atomic mass is 35.5. The van der Waals surface area contributed by atoms with E-state index in [1.165, 1.54) is 24.3 Å². The first kappa shape index (κ1) is 25.7. The first-order valence-electron chi connectivity index (χ1n) is 11.2. The van der Waals surface area contributed by atoms with Gasteiger partial charge in [0.25, 0.3) is 21.8 Å². The lowest BCUT2D eigenvalue weighted by atomic mass is 9.87. The van der Waals surface area contributed by atoms with E-state index in [9.17, 15) is 23.2 Å². The van der Waals surface area contributed by atoms with E-state index < -0.39 is 21.8 Å². The zero-order valence-electron chi connectivity index (χ0n) is 20.6. The number of carbonyl (C=O) groups excluding carboxylic acids is 2. The van der Waals surface area contributed by atoms with Crippen LogP contribution in [0, 0.1) is 13.8 Å². The molecule has 0 atom stereocenters. The zero-order chi connectivity index (χ0) is 26.6. The number of sulfonamides is 1. The molecule has 2 heterocycles.